The minimum absolute atomic E-state index is 0.143. The lowest BCUT2D eigenvalue weighted by molar-refractivity contribution is 0.0697. The molecule has 5 nitrogen and oxygen atoms in total. The van der Waals surface area contributed by atoms with Crippen LogP contribution in [0.1, 0.15) is 36.5 Å². The van der Waals surface area contributed by atoms with Crippen molar-refractivity contribution >= 4 is 33.6 Å². The van der Waals surface area contributed by atoms with Gasteiger partial charge in [0.05, 0.1) is 5.56 Å². The molecular formula is C15H19BrN2O3. The molecule has 1 aromatic rings. The fourth-order valence-corrected chi connectivity index (χ4v) is 2.64. The van der Waals surface area contributed by atoms with Crippen LogP contribution in [0.4, 0.5) is 10.5 Å². The van der Waals surface area contributed by atoms with Crippen molar-refractivity contribution < 1.29 is 14.7 Å². The standard InChI is InChI=1S/C15H19BrN2O3/c1-2-5-18(9-10-3-4-10)15(21)17-13-7-11(14(19)20)6-12(16)8-13/h6-8,10H,2-5,9H2,1H3,(H,17,21)(H,19,20). The number of carboxylic acid groups (broad SMARTS) is 1. The summed E-state index contributed by atoms with van der Waals surface area (Å²) in [5.74, 6) is -0.394. The number of aromatic carboxylic acids is 1. The van der Waals surface area contributed by atoms with Gasteiger partial charge in [-0.3, -0.25) is 0 Å². The Morgan fingerprint density at radius 2 is 2.10 bits per heavy atom. The number of hydrogen-bond donors (Lipinski definition) is 2. The Labute approximate surface area is 132 Å². The maximum Gasteiger partial charge on any atom is 0.335 e. The lowest BCUT2D eigenvalue weighted by Crippen LogP contribution is -2.37. The molecule has 0 saturated heterocycles. The van der Waals surface area contributed by atoms with E-state index in [2.05, 4.69) is 21.2 Å². The van der Waals surface area contributed by atoms with Gasteiger partial charge in [0.15, 0.2) is 0 Å². The van der Waals surface area contributed by atoms with E-state index < -0.39 is 5.97 Å². The lowest BCUT2D eigenvalue weighted by atomic mass is 10.2. The van der Waals surface area contributed by atoms with E-state index >= 15 is 0 Å². The summed E-state index contributed by atoms with van der Waals surface area (Å²) in [4.78, 5) is 25.2. The first-order chi connectivity index (χ1) is 9.99. The molecule has 114 valence electrons. The van der Waals surface area contributed by atoms with Crippen molar-refractivity contribution in [1.29, 1.82) is 0 Å². The summed E-state index contributed by atoms with van der Waals surface area (Å²) in [6.07, 6.45) is 3.28. The topological polar surface area (TPSA) is 69.6 Å². The molecule has 1 aliphatic carbocycles. The predicted molar refractivity (Wildman–Crippen MR) is 84.7 cm³/mol. The Balaban J connectivity index is 2.07. The zero-order valence-electron chi connectivity index (χ0n) is 11.9. The number of nitrogens with one attached hydrogen (secondary N) is 1. The maximum absolute atomic E-state index is 12.3. The zero-order chi connectivity index (χ0) is 15.4. The van der Waals surface area contributed by atoms with Gasteiger partial charge in [-0.05, 0) is 43.4 Å². The number of hydrogen-bond acceptors (Lipinski definition) is 2. The van der Waals surface area contributed by atoms with E-state index in [1.165, 1.54) is 25.0 Å². The summed E-state index contributed by atoms with van der Waals surface area (Å²) >= 11 is 3.26. The van der Waals surface area contributed by atoms with Gasteiger partial charge in [0.1, 0.15) is 0 Å². The molecule has 2 N–H and O–H groups in total. The Bertz CT molecular complexity index is 544. The summed E-state index contributed by atoms with van der Waals surface area (Å²) in [5.41, 5.74) is 0.632. The summed E-state index contributed by atoms with van der Waals surface area (Å²) in [7, 11) is 0. The second-order valence-electron chi connectivity index (χ2n) is 5.35. The van der Waals surface area contributed by atoms with Gasteiger partial charge >= 0.3 is 12.0 Å². The molecule has 2 rings (SSSR count). The van der Waals surface area contributed by atoms with Crippen LogP contribution >= 0.6 is 15.9 Å². The van der Waals surface area contributed by atoms with Gasteiger partial charge in [0.2, 0.25) is 0 Å². The number of halogens is 1. The molecule has 0 heterocycles. The van der Waals surface area contributed by atoms with Crippen LogP contribution in [0.5, 0.6) is 0 Å². The molecule has 0 spiro atoms. The van der Waals surface area contributed by atoms with Crippen molar-refractivity contribution in [2.75, 3.05) is 18.4 Å². The molecule has 1 fully saturated rings. The van der Waals surface area contributed by atoms with Crippen LogP contribution in [0.25, 0.3) is 0 Å². The number of nitrogens with zero attached hydrogens (tertiary/aromatic N) is 1. The first-order valence-corrected chi connectivity index (χ1v) is 7.88. The third-order valence-corrected chi connectivity index (χ3v) is 3.81. The van der Waals surface area contributed by atoms with E-state index in [4.69, 9.17) is 5.11 Å². The van der Waals surface area contributed by atoms with E-state index in [9.17, 15) is 9.59 Å². The fourth-order valence-electron chi connectivity index (χ4n) is 2.15. The Kier molecular flexibility index (Phi) is 5.22. The summed E-state index contributed by atoms with van der Waals surface area (Å²) in [6.45, 7) is 3.52. The number of urea groups is 1. The smallest absolute Gasteiger partial charge is 0.335 e. The van der Waals surface area contributed by atoms with Gasteiger partial charge in [-0.15, -0.1) is 0 Å². The number of rotatable bonds is 6. The molecular weight excluding hydrogens is 336 g/mol. The normalized spacial score (nSPS) is 13.8. The quantitative estimate of drug-likeness (QED) is 0.816. The van der Waals surface area contributed by atoms with Crippen molar-refractivity contribution in [2.45, 2.75) is 26.2 Å². The highest BCUT2D eigenvalue weighted by atomic mass is 79.9. The van der Waals surface area contributed by atoms with E-state index in [0.717, 1.165) is 13.0 Å². The minimum Gasteiger partial charge on any atom is -0.478 e. The molecule has 0 atom stereocenters. The van der Waals surface area contributed by atoms with Crippen LogP contribution in [0, 0.1) is 5.92 Å². The average Bonchev–Trinajstić information content (AvgIpc) is 3.21. The highest BCUT2D eigenvalue weighted by Gasteiger charge is 2.26. The van der Waals surface area contributed by atoms with Gasteiger partial charge in [-0.25, -0.2) is 9.59 Å². The van der Waals surface area contributed by atoms with Crippen LogP contribution in [0.15, 0.2) is 22.7 Å². The van der Waals surface area contributed by atoms with Crippen LogP contribution in [-0.4, -0.2) is 35.1 Å². The minimum atomic E-state index is -1.02. The van der Waals surface area contributed by atoms with Crippen LogP contribution < -0.4 is 5.32 Å². The highest BCUT2D eigenvalue weighted by Crippen LogP contribution is 2.30. The van der Waals surface area contributed by atoms with Gasteiger partial charge in [-0.1, -0.05) is 22.9 Å². The van der Waals surface area contributed by atoms with Crippen molar-refractivity contribution in [3.05, 3.63) is 28.2 Å². The molecule has 0 unspecified atom stereocenters. The molecule has 0 bridgehead atoms. The Hall–Kier alpha value is -1.56. The highest BCUT2D eigenvalue weighted by molar-refractivity contribution is 9.10. The first-order valence-electron chi connectivity index (χ1n) is 7.09. The van der Waals surface area contributed by atoms with Crippen molar-refractivity contribution in [2.24, 2.45) is 5.92 Å². The number of benzene rings is 1. The molecule has 1 aromatic carbocycles. The van der Waals surface area contributed by atoms with E-state index in [-0.39, 0.29) is 11.6 Å². The third kappa shape index (κ3) is 4.74. The Morgan fingerprint density at radius 1 is 1.38 bits per heavy atom. The van der Waals surface area contributed by atoms with E-state index in [1.807, 2.05) is 6.92 Å². The fraction of sp³-hybridized carbons (Fsp3) is 0.467. The van der Waals surface area contributed by atoms with E-state index in [1.54, 1.807) is 11.0 Å². The maximum atomic E-state index is 12.3. The molecule has 0 aliphatic heterocycles. The SMILES string of the molecule is CCCN(CC1CC1)C(=O)Nc1cc(Br)cc(C(=O)O)c1. The van der Waals surface area contributed by atoms with Crippen LogP contribution in [0.2, 0.25) is 0 Å². The monoisotopic (exact) mass is 354 g/mol. The largest absolute Gasteiger partial charge is 0.478 e. The van der Waals surface area contributed by atoms with E-state index in [0.29, 0.717) is 22.6 Å². The number of anilines is 1. The number of amides is 2. The first kappa shape index (κ1) is 15.8. The number of carbonyl (C=O) groups excluding carboxylic acids is 1. The second-order valence-corrected chi connectivity index (χ2v) is 6.27. The van der Waals surface area contributed by atoms with Crippen LogP contribution in [0.3, 0.4) is 0 Å². The van der Waals surface area contributed by atoms with Crippen molar-refractivity contribution in [3.63, 3.8) is 0 Å². The van der Waals surface area contributed by atoms with Crippen LogP contribution in [-0.2, 0) is 0 Å². The molecule has 1 aliphatic rings. The number of carboxylic acids is 1. The molecule has 21 heavy (non-hydrogen) atoms. The molecule has 0 aromatic heterocycles. The van der Waals surface area contributed by atoms with Gasteiger partial charge in [0.25, 0.3) is 0 Å². The van der Waals surface area contributed by atoms with Crippen molar-refractivity contribution in [3.8, 4) is 0 Å². The summed E-state index contributed by atoms with van der Waals surface area (Å²) in [5, 5.41) is 11.8. The van der Waals surface area contributed by atoms with Crippen molar-refractivity contribution in [1.82, 2.24) is 4.90 Å². The Morgan fingerprint density at radius 3 is 2.67 bits per heavy atom. The predicted octanol–water partition coefficient (Wildman–Crippen LogP) is 3.80. The van der Waals surface area contributed by atoms with Gasteiger partial charge in [-0.2, -0.15) is 0 Å². The van der Waals surface area contributed by atoms with Gasteiger partial charge < -0.3 is 15.3 Å². The molecule has 0 radical (unpaired) electrons. The third-order valence-electron chi connectivity index (χ3n) is 3.35. The summed E-state index contributed by atoms with van der Waals surface area (Å²) in [6, 6.07) is 4.50. The summed E-state index contributed by atoms with van der Waals surface area (Å²) < 4.78 is 0.627. The lowest BCUT2D eigenvalue weighted by Gasteiger charge is -2.22. The zero-order valence-corrected chi connectivity index (χ0v) is 13.5. The number of carbonyl (C=O) groups is 2. The average molecular weight is 355 g/mol. The van der Waals surface area contributed by atoms with Gasteiger partial charge in [0, 0.05) is 23.2 Å². The second kappa shape index (κ2) is 6.93. The molecule has 2 amide bonds. The molecule has 1 saturated carbocycles. The molecule has 6 heteroatoms.